The van der Waals surface area contributed by atoms with E-state index in [1.807, 2.05) is 17.9 Å². The van der Waals surface area contributed by atoms with Crippen LogP contribution >= 0.6 is 0 Å². The number of rotatable bonds is 6. The molecular formula is C16H29N3. The molecule has 3 atom stereocenters. The molecule has 0 spiro atoms. The van der Waals surface area contributed by atoms with Crippen LogP contribution in [-0.4, -0.2) is 22.9 Å². The molecule has 19 heavy (non-hydrogen) atoms. The highest BCUT2D eigenvalue weighted by molar-refractivity contribution is 5.04. The molecule has 0 radical (unpaired) electrons. The molecule has 1 heterocycles. The maximum absolute atomic E-state index is 4.27. The molecule has 1 N–H and O–H groups in total. The summed E-state index contributed by atoms with van der Waals surface area (Å²) in [5.74, 6) is 2.69. The van der Waals surface area contributed by atoms with E-state index in [1.165, 1.54) is 44.2 Å². The fourth-order valence-corrected chi connectivity index (χ4v) is 3.47. The lowest BCUT2D eigenvalue weighted by molar-refractivity contribution is 0.175. The Morgan fingerprint density at radius 1 is 1.37 bits per heavy atom. The minimum absolute atomic E-state index is 0.882. The van der Waals surface area contributed by atoms with E-state index in [-0.39, 0.29) is 0 Å². The van der Waals surface area contributed by atoms with Crippen molar-refractivity contribution in [1.82, 2.24) is 15.1 Å². The van der Waals surface area contributed by atoms with E-state index < -0.39 is 0 Å². The number of hydrogen-bond donors (Lipinski definition) is 1. The fraction of sp³-hybridized carbons (Fsp3) is 0.812. The number of nitrogens with zero attached hydrogens (tertiary/aromatic N) is 2. The minimum Gasteiger partial charge on any atom is -0.317 e. The van der Waals surface area contributed by atoms with Crippen LogP contribution in [0, 0.1) is 17.8 Å². The predicted molar refractivity (Wildman–Crippen MR) is 80.1 cm³/mol. The summed E-state index contributed by atoms with van der Waals surface area (Å²) in [7, 11) is 2.00. The van der Waals surface area contributed by atoms with E-state index in [1.54, 1.807) is 0 Å². The molecule has 3 heteroatoms. The summed E-state index contributed by atoms with van der Waals surface area (Å²) in [5.41, 5.74) is 1.39. The van der Waals surface area contributed by atoms with Crippen molar-refractivity contribution >= 4 is 0 Å². The summed E-state index contributed by atoms with van der Waals surface area (Å²) >= 11 is 0. The smallest absolute Gasteiger partial charge is 0.0521 e. The Morgan fingerprint density at radius 2 is 2.21 bits per heavy atom. The Labute approximate surface area is 117 Å². The number of aromatic nitrogens is 2. The van der Waals surface area contributed by atoms with Crippen LogP contribution in [-0.2, 0) is 13.5 Å². The van der Waals surface area contributed by atoms with Gasteiger partial charge < -0.3 is 5.32 Å². The Morgan fingerprint density at radius 3 is 2.89 bits per heavy atom. The molecule has 0 aromatic carbocycles. The number of aryl methyl sites for hydroxylation is 2. The monoisotopic (exact) mass is 263 g/mol. The fourth-order valence-electron chi connectivity index (χ4n) is 3.47. The quantitative estimate of drug-likeness (QED) is 0.855. The summed E-state index contributed by atoms with van der Waals surface area (Å²) < 4.78 is 1.91. The van der Waals surface area contributed by atoms with Crippen LogP contribution in [0.5, 0.6) is 0 Å². The van der Waals surface area contributed by atoms with Crippen molar-refractivity contribution in [3.05, 3.63) is 18.0 Å². The summed E-state index contributed by atoms with van der Waals surface area (Å²) in [4.78, 5) is 0. The van der Waals surface area contributed by atoms with Crippen molar-refractivity contribution in [2.45, 2.75) is 46.0 Å². The van der Waals surface area contributed by atoms with Crippen LogP contribution < -0.4 is 5.32 Å². The van der Waals surface area contributed by atoms with E-state index >= 15 is 0 Å². The van der Waals surface area contributed by atoms with Crippen LogP contribution in [0.25, 0.3) is 0 Å². The number of hydrogen-bond acceptors (Lipinski definition) is 2. The summed E-state index contributed by atoms with van der Waals surface area (Å²) in [6.45, 7) is 6.93. The summed E-state index contributed by atoms with van der Waals surface area (Å²) in [6, 6.07) is 0. The predicted octanol–water partition coefficient (Wildman–Crippen LogP) is 3.01. The minimum atomic E-state index is 0.882. The molecule has 1 aliphatic carbocycles. The molecule has 0 amide bonds. The van der Waals surface area contributed by atoms with Gasteiger partial charge in [-0.1, -0.05) is 20.3 Å². The first-order chi connectivity index (χ1) is 9.19. The van der Waals surface area contributed by atoms with Gasteiger partial charge in [0.25, 0.3) is 0 Å². The van der Waals surface area contributed by atoms with Crippen LogP contribution in [0.2, 0.25) is 0 Å². The molecule has 0 bridgehead atoms. The molecule has 1 aromatic rings. The third-order valence-corrected chi connectivity index (χ3v) is 4.62. The third-order valence-electron chi connectivity index (χ3n) is 4.62. The molecule has 108 valence electrons. The molecule has 3 nitrogen and oxygen atoms in total. The highest BCUT2D eigenvalue weighted by Crippen LogP contribution is 2.36. The lowest BCUT2D eigenvalue weighted by atomic mass is 9.72. The van der Waals surface area contributed by atoms with Crippen LogP contribution in [0.3, 0.4) is 0 Å². The van der Waals surface area contributed by atoms with Gasteiger partial charge in [-0.15, -0.1) is 0 Å². The first-order valence-corrected chi connectivity index (χ1v) is 7.87. The SMILES string of the molecule is CCNCC1CCC(C)CC1CCc1cnn(C)c1. The van der Waals surface area contributed by atoms with E-state index in [2.05, 4.69) is 30.5 Å². The van der Waals surface area contributed by atoms with Gasteiger partial charge in [-0.25, -0.2) is 0 Å². The molecular weight excluding hydrogens is 234 g/mol. The average Bonchev–Trinajstić information content (AvgIpc) is 2.81. The van der Waals surface area contributed by atoms with Gasteiger partial charge in [0, 0.05) is 13.2 Å². The molecule has 3 unspecified atom stereocenters. The van der Waals surface area contributed by atoms with Gasteiger partial charge in [0.1, 0.15) is 0 Å². The maximum atomic E-state index is 4.27. The third kappa shape index (κ3) is 4.34. The highest BCUT2D eigenvalue weighted by atomic mass is 15.2. The van der Waals surface area contributed by atoms with Crippen molar-refractivity contribution in [3.8, 4) is 0 Å². The zero-order valence-corrected chi connectivity index (χ0v) is 12.7. The maximum Gasteiger partial charge on any atom is 0.0521 e. The highest BCUT2D eigenvalue weighted by Gasteiger charge is 2.27. The standard InChI is InChI=1S/C16H29N3/c1-4-17-11-16-7-5-13(2)9-15(16)8-6-14-10-18-19(3)12-14/h10,12-13,15-17H,4-9,11H2,1-3H3. The van der Waals surface area contributed by atoms with Gasteiger partial charge in [0.2, 0.25) is 0 Å². The molecule has 2 rings (SSSR count). The first kappa shape index (κ1) is 14.6. The van der Waals surface area contributed by atoms with Gasteiger partial charge in [-0.05, 0) is 62.1 Å². The Bertz CT molecular complexity index is 370. The van der Waals surface area contributed by atoms with Gasteiger partial charge in [0.05, 0.1) is 6.20 Å². The van der Waals surface area contributed by atoms with Crippen LogP contribution in [0.4, 0.5) is 0 Å². The first-order valence-electron chi connectivity index (χ1n) is 7.87. The Hall–Kier alpha value is -0.830. The van der Waals surface area contributed by atoms with E-state index in [4.69, 9.17) is 0 Å². The van der Waals surface area contributed by atoms with Crippen molar-refractivity contribution in [1.29, 1.82) is 0 Å². The summed E-state index contributed by atoms with van der Waals surface area (Å²) in [6.07, 6.45) is 10.9. The van der Waals surface area contributed by atoms with Crippen LogP contribution in [0.15, 0.2) is 12.4 Å². The van der Waals surface area contributed by atoms with E-state index in [0.29, 0.717) is 0 Å². The second kappa shape index (κ2) is 7.09. The molecule has 1 aliphatic rings. The second-order valence-electron chi connectivity index (χ2n) is 6.31. The Kier molecular flexibility index (Phi) is 5.44. The van der Waals surface area contributed by atoms with Gasteiger partial charge in [-0.3, -0.25) is 4.68 Å². The van der Waals surface area contributed by atoms with Gasteiger partial charge in [0.15, 0.2) is 0 Å². The Balaban J connectivity index is 1.86. The van der Waals surface area contributed by atoms with Gasteiger partial charge >= 0.3 is 0 Å². The van der Waals surface area contributed by atoms with Gasteiger partial charge in [-0.2, -0.15) is 5.10 Å². The van der Waals surface area contributed by atoms with Crippen molar-refractivity contribution in [2.75, 3.05) is 13.1 Å². The number of nitrogens with one attached hydrogen (secondary N) is 1. The lowest BCUT2D eigenvalue weighted by Crippen LogP contribution is -2.32. The zero-order valence-electron chi connectivity index (χ0n) is 12.7. The molecule has 0 saturated heterocycles. The van der Waals surface area contributed by atoms with Crippen molar-refractivity contribution in [2.24, 2.45) is 24.8 Å². The largest absolute Gasteiger partial charge is 0.317 e. The van der Waals surface area contributed by atoms with E-state index in [9.17, 15) is 0 Å². The topological polar surface area (TPSA) is 29.9 Å². The molecule has 1 saturated carbocycles. The molecule has 0 aliphatic heterocycles. The zero-order chi connectivity index (χ0) is 13.7. The van der Waals surface area contributed by atoms with E-state index in [0.717, 1.165) is 24.3 Å². The second-order valence-corrected chi connectivity index (χ2v) is 6.31. The van der Waals surface area contributed by atoms with Crippen LogP contribution in [0.1, 0.15) is 45.1 Å². The molecule has 1 fully saturated rings. The summed E-state index contributed by atoms with van der Waals surface area (Å²) in [5, 5.41) is 7.82. The lowest BCUT2D eigenvalue weighted by Gasteiger charge is -2.35. The average molecular weight is 263 g/mol. The van der Waals surface area contributed by atoms with Crippen molar-refractivity contribution < 1.29 is 0 Å². The van der Waals surface area contributed by atoms with Crippen molar-refractivity contribution in [3.63, 3.8) is 0 Å². The normalized spacial score (nSPS) is 27.6. The molecule has 1 aromatic heterocycles.